The first kappa shape index (κ1) is 96.7. The van der Waals surface area contributed by atoms with Gasteiger partial charge >= 0.3 is 11.9 Å². The van der Waals surface area contributed by atoms with Gasteiger partial charge in [-0.15, -0.1) is 0 Å². The van der Waals surface area contributed by atoms with Gasteiger partial charge in [0, 0.05) is 35.7 Å². The van der Waals surface area contributed by atoms with E-state index >= 15 is 0 Å². The number of benzene rings is 6. The van der Waals surface area contributed by atoms with Gasteiger partial charge in [0.2, 0.25) is 59.1 Å². The smallest absolute Gasteiger partial charge is 0.326 e. The Morgan fingerprint density at radius 2 is 0.592 bits per heavy atom. The quantitative estimate of drug-likeness (QED) is 0.0241. The molecule has 650 valence electrons. The van der Waals surface area contributed by atoms with Crippen molar-refractivity contribution in [1.82, 2.24) is 63.8 Å². The Balaban J connectivity index is 1.16. The van der Waals surface area contributed by atoms with Crippen LogP contribution in [0.1, 0.15) is 87.8 Å². The number of amides is 10. The summed E-state index contributed by atoms with van der Waals surface area (Å²) in [5.74, 6) is -10.8. The van der Waals surface area contributed by atoms with Crippen molar-refractivity contribution in [2.45, 2.75) is 163 Å². The fraction of sp³-hybridized carbons (Fsp3) is 0.415. The lowest BCUT2D eigenvalue weighted by molar-refractivity contribution is -0.142. The Morgan fingerprint density at radius 3 is 0.858 bits per heavy atom. The third-order valence-corrected chi connectivity index (χ3v) is 21.0. The highest BCUT2D eigenvalue weighted by Crippen LogP contribution is 2.47. The van der Waals surface area contributed by atoms with Crippen LogP contribution in [-0.2, 0) is 96.3 Å². The van der Waals surface area contributed by atoms with Gasteiger partial charge in [-0.2, -0.15) is 0 Å². The Kier molecular flexibility index (Phi) is 38.8. The van der Waals surface area contributed by atoms with Gasteiger partial charge in [-0.3, -0.25) is 47.9 Å². The molecule has 0 heterocycles. The maximum atomic E-state index is 14.7. The Morgan fingerprint density at radius 1 is 0.333 bits per heavy atom. The minimum Gasteiger partial charge on any atom is -0.508 e. The van der Waals surface area contributed by atoms with Crippen LogP contribution in [0.5, 0.6) is 46.0 Å². The number of nitrogens with one attached hydrogen (secondary N) is 12. The summed E-state index contributed by atoms with van der Waals surface area (Å²) in [6.45, 7) is 6.18. The van der Waals surface area contributed by atoms with E-state index in [1.807, 2.05) is 0 Å². The predicted octanol–water partition coefficient (Wildman–Crippen LogP) is 1.63. The van der Waals surface area contributed by atoms with E-state index in [1.165, 1.54) is 137 Å². The Labute approximate surface area is 700 Å². The lowest BCUT2D eigenvalue weighted by Crippen LogP contribution is -2.58. The van der Waals surface area contributed by atoms with Crippen LogP contribution < -0.4 is 82.7 Å². The van der Waals surface area contributed by atoms with Crippen molar-refractivity contribution >= 4 is 92.6 Å². The maximum absolute atomic E-state index is 14.7. The minimum absolute atomic E-state index is 0.0165. The zero-order chi connectivity index (χ0) is 88.4. The summed E-state index contributed by atoms with van der Waals surface area (Å²) in [4.78, 5) is 163. The van der Waals surface area contributed by atoms with Gasteiger partial charge in [0.05, 0.1) is 66.8 Å². The molecule has 0 aliphatic heterocycles. The number of carbonyl (C=O) groups excluding carboxylic acids is 10. The second-order valence-corrected chi connectivity index (χ2v) is 31.0. The maximum Gasteiger partial charge on any atom is 0.326 e. The van der Waals surface area contributed by atoms with E-state index < -0.39 is 158 Å². The molecule has 6 aromatic carbocycles. The number of hydrogen-bond donors (Lipinski definition) is 20. The average molecular weight is 1710 g/mol. The number of carboxylic acids is 2. The number of carboxylic acid groups (broad SMARTS) is 2. The summed E-state index contributed by atoms with van der Waals surface area (Å²) in [6, 6.07) is 16.4. The molecule has 0 saturated heterocycles. The van der Waals surface area contributed by atoms with E-state index in [2.05, 4.69) is 63.8 Å². The van der Waals surface area contributed by atoms with Crippen LogP contribution >= 0.6 is 21.6 Å². The minimum atomic E-state index is -1.66. The van der Waals surface area contributed by atoms with Gasteiger partial charge in [-0.1, -0.05) is 97.8 Å². The standard InChI is InChI=1S/C82H106N12O24S2/c1-43(2)27-59(75(105)85-39-71(101)87-45(5)73(103)91-61(81(111)112)31-49-15-23-55(99)24-16-49)89-79(109)63(41-95)93-77(107)57(29-47-11-19-53(97)20-12-47)83-37-51-33-65(115-7)67(117-9)35-69(51)119-120-70-36-68(118-10)66(116-8)34-52(70)38-84-58(30-48-13-21-54(98)22-14-48)78(108)94-64(42-96)80(110)90-60(28-44(3)4)76(106)86-40-72(102)88-46(6)74(104)92-62(82(113)114)32-50-17-25-56(100)26-18-50/h11-26,33-36,43-46,57-64,83-84,95-100H,27-32,37-42H2,1-10H3,(H,85,105)(H,86,106)(H,87,101)(H,88,102)(H,89,109)(H,90,110)(H,91,103)(H,92,104)(H,93,107)(H,94,108)(H,111,112)(H,113,114)/t45-,46-,57-,58-,59-,60-,61-,62-,63-,64-/m0/s1. The van der Waals surface area contributed by atoms with Crippen molar-refractivity contribution in [2.75, 3.05) is 54.7 Å². The molecule has 6 rings (SSSR count). The number of methoxy groups -OCH3 is 4. The number of rotatable bonds is 49. The monoisotopic (exact) mass is 1710 g/mol. The highest BCUT2D eigenvalue weighted by molar-refractivity contribution is 8.76. The van der Waals surface area contributed by atoms with Crippen LogP contribution in [0.2, 0.25) is 0 Å². The summed E-state index contributed by atoms with van der Waals surface area (Å²) in [7, 11) is 8.18. The molecular formula is C82H106N12O24S2. The first-order chi connectivity index (χ1) is 57.0. The van der Waals surface area contributed by atoms with Crippen molar-refractivity contribution in [3.63, 3.8) is 0 Å². The molecule has 6 aromatic rings. The van der Waals surface area contributed by atoms with Gasteiger partial charge in [0.1, 0.15) is 71.3 Å². The van der Waals surface area contributed by atoms with Gasteiger partial charge in [-0.25, -0.2) is 9.59 Å². The molecule has 0 aromatic heterocycles. The molecular weight excluding hydrogens is 1600 g/mol. The highest BCUT2D eigenvalue weighted by Gasteiger charge is 2.34. The topological polar surface area (TPSA) is 548 Å². The zero-order valence-electron chi connectivity index (χ0n) is 67.9. The van der Waals surface area contributed by atoms with Crippen LogP contribution in [0.4, 0.5) is 0 Å². The van der Waals surface area contributed by atoms with Crippen LogP contribution in [0.15, 0.2) is 131 Å². The largest absolute Gasteiger partial charge is 0.508 e. The summed E-state index contributed by atoms with van der Waals surface area (Å²) in [5.41, 5.74) is 3.17. The second kappa shape index (κ2) is 48.1. The van der Waals surface area contributed by atoms with Crippen LogP contribution in [0.25, 0.3) is 0 Å². The SMILES string of the molecule is COc1cc(CN[C@@H](Cc2ccc(O)cc2)C(=O)N[C@@H](CO)C(=O)N[C@@H](CC(C)C)C(=O)NCC(=O)N[C@@H](C)C(=O)N[C@@H](Cc2ccc(O)cc2)C(=O)O)c(SSc2cc(OC)c(OC)cc2CN[C@@H](Cc2ccc(O)cc2)C(=O)N[C@@H](CO)C(=O)N[C@@H](CC(C)C)C(=O)NCC(=O)N[C@@H](C)C(=O)N[C@@H](Cc2ccc(O)cc2)C(=O)O)cc1OC. The number of phenols is 4. The summed E-state index contributed by atoms with van der Waals surface area (Å²) in [5, 5.41) is 112. The molecule has 0 aliphatic carbocycles. The fourth-order valence-electron chi connectivity index (χ4n) is 12.0. The van der Waals surface area contributed by atoms with Crippen molar-refractivity contribution < 1.29 is 117 Å². The van der Waals surface area contributed by atoms with E-state index in [0.717, 1.165) is 0 Å². The number of ether oxygens (including phenoxy) is 4. The van der Waals surface area contributed by atoms with E-state index in [9.17, 15) is 98.4 Å². The molecule has 38 heteroatoms. The number of phenolic OH excluding ortho intramolecular Hbond substituents is 4. The first-order valence-electron chi connectivity index (χ1n) is 38.1. The first-order valence-corrected chi connectivity index (χ1v) is 40.3. The van der Waals surface area contributed by atoms with Crippen LogP contribution in [0, 0.1) is 11.8 Å². The van der Waals surface area contributed by atoms with Crippen LogP contribution in [-0.4, -0.2) is 227 Å². The van der Waals surface area contributed by atoms with Crippen LogP contribution in [0.3, 0.4) is 0 Å². The van der Waals surface area contributed by atoms with Gasteiger partial charge in [0.15, 0.2) is 23.0 Å². The Bertz CT molecular complexity index is 4210. The van der Waals surface area contributed by atoms with E-state index in [0.29, 0.717) is 54.7 Å². The number of aliphatic hydroxyl groups excluding tert-OH is 2. The number of aliphatic hydroxyl groups is 2. The molecule has 0 fully saturated rings. The van der Waals surface area contributed by atoms with E-state index in [1.54, 1.807) is 76.2 Å². The molecule has 120 heavy (non-hydrogen) atoms. The molecule has 10 atom stereocenters. The number of aromatic hydroxyl groups is 4. The lowest BCUT2D eigenvalue weighted by Gasteiger charge is -2.26. The predicted molar refractivity (Wildman–Crippen MR) is 440 cm³/mol. The highest BCUT2D eigenvalue weighted by atomic mass is 33.1. The van der Waals surface area contributed by atoms with Gasteiger partial charge in [-0.05, 0) is 158 Å². The summed E-state index contributed by atoms with van der Waals surface area (Å²) < 4.78 is 23.0. The molecule has 0 radical (unpaired) electrons. The van der Waals surface area contributed by atoms with E-state index in [4.69, 9.17) is 18.9 Å². The number of hydrogen-bond acceptors (Lipinski definition) is 26. The molecule has 10 amide bonds. The van der Waals surface area contributed by atoms with Crippen molar-refractivity contribution in [2.24, 2.45) is 11.8 Å². The lowest BCUT2D eigenvalue weighted by atomic mass is 10.0. The molecule has 0 saturated carbocycles. The summed E-state index contributed by atoms with van der Waals surface area (Å²) in [6.07, 6.45) is -0.360. The molecule has 20 N–H and O–H groups in total. The van der Waals surface area contributed by atoms with Crippen molar-refractivity contribution in [3.8, 4) is 46.0 Å². The fourth-order valence-corrected chi connectivity index (χ4v) is 14.4. The molecule has 0 spiro atoms. The van der Waals surface area contributed by atoms with Gasteiger partial charge < -0.3 is 124 Å². The summed E-state index contributed by atoms with van der Waals surface area (Å²) >= 11 is 0. The molecule has 0 aliphatic rings. The third kappa shape index (κ3) is 31.3. The third-order valence-electron chi connectivity index (χ3n) is 18.5. The zero-order valence-corrected chi connectivity index (χ0v) is 69.5. The normalized spacial score (nSPS) is 13.6. The molecule has 0 bridgehead atoms. The average Bonchev–Trinajstić information content (AvgIpc) is 0.805. The van der Waals surface area contributed by atoms with E-state index in [-0.39, 0.29) is 97.9 Å². The van der Waals surface area contributed by atoms with Gasteiger partial charge in [0.25, 0.3) is 0 Å². The number of aliphatic carboxylic acids is 2. The second-order valence-electron chi connectivity index (χ2n) is 28.8. The Hall–Kier alpha value is -12.1. The molecule has 36 nitrogen and oxygen atoms in total. The van der Waals surface area contributed by atoms with Crippen molar-refractivity contribution in [1.29, 1.82) is 0 Å². The number of carbonyl (C=O) groups is 12. The van der Waals surface area contributed by atoms with Crippen molar-refractivity contribution in [3.05, 3.63) is 155 Å². The molecule has 0 unspecified atom stereocenters.